The molecule has 1 aromatic carbocycles. The molecule has 88 valence electrons. The van der Waals surface area contributed by atoms with Gasteiger partial charge >= 0.3 is 0 Å². The average Bonchev–Trinajstić information content (AvgIpc) is 2.78. The zero-order valence-corrected chi connectivity index (χ0v) is 9.67. The van der Waals surface area contributed by atoms with Gasteiger partial charge in [0.15, 0.2) is 5.75 Å². The molecule has 0 aliphatic heterocycles. The van der Waals surface area contributed by atoms with E-state index in [1.165, 1.54) is 0 Å². The summed E-state index contributed by atoms with van der Waals surface area (Å²) in [7, 11) is 0. The monoisotopic (exact) mass is 230 g/mol. The molecule has 1 heterocycles. The Morgan fingerprint density at radius 3 is 2.71 bits per heavy atom. The molecule has 0 bridgehead atoms. The van der Waals surface area contributed by atoms with Crippen LogP contribution in [0.1, 0.15) is 23.7 Å². The highest BCUT2D eigenvalue weighted by atomic mass is 16.5. The molecule has 4 heteroatoms. The number of aromatic nitrogens is 2. The maximum absolute atomic E-state index is 10.5. The summed E-state index contributed by atoms with van der Waals surface area (Å²) in [6, 6.07) is 6.97. The first kappa shape index (κ1) is 11.4. The summed E-state index contributed by atoms with van der Waals surface area (Å²) in [4.78, 5) is 10.5. The van der Waals surface area contributed by atoms with Crippen LogP contribution < -0.4 is 4.74 Å². The number of benzene rings is 1. The topological polar surface area (TPSA) is 44.1 Å². The van der Waals surface area contributed by atoms with E-state index in [1.807, 2.05) is 10.9 Å². The van der Waals surface area contributed by atoms with Gasteiger partial charge in [0, 0.05) is 12.1 Å². The summed E-state index contributed by atoms with van der Waals surface area (Å²) < 4.78 is 7.45. The van der Waals surface area contributed by atoms with Crippen LogP contribution in [-0.2, 0) is 6.54 Å². The van der Waals surface area contributed by atoms with Gasteiger partial charge in [-0.3, -0.25) is 9.48 Å². The van der Waals surface area contributed by atoms with Crippen LogP contribution in [0.15, 0.2) is 36.7 Å². The smallest absolute Gasteiger partial charge is 0.165 e. The highest BCUT2D eigenvalue weighted by Crippen LogP contribution is 2.20. The molecule has 0 aliphatic rings. The Labute approximate surface area is 99.8 Å². The molecule has 0 saturated carbocycles. The van der Waals surface area contributed by atoms with Crippen LogP contribution in [-0.4, -0.2) is 16.1 Å². The predicted octanol–water partition coefficient (Wildman–Crippen LogP) is 2.90. The van der Waals surface area contributed by atoms with E-state index in [2.05, 4.69) is 12.0 Å². The van der Waals surface area contributed by atoms with E-state index in [-0.39, 0.29) is 0 Å². The molecule has 0 radical (unpaired) electrons. The minimum absolute atomic E-state index is 0.638. The SMILES string of the molecule is CCCn1cc(Oc2ccc(C=O)cc2)cn1. The third-order valence-electron chi connectivity index (χ3n) is 2.31. The van der Waals surface area contributed by atoms with Crippen LogP contribution in [0.3, 0.4) is 0 Å². The molecule has 0 unspecified atom stereocenters. The Morgan fingerprint density at radius 2 is 2.06 bits per heavy atom. The molecular formula is C13H14N2O2. The Bertz CT molecular complexity index is 488. The highest BCUT2D eigenvalue weighted by molar-refractivity contribution is 5.74. The molecular weight excluding hydrogens is 216 g/mol. The summed E-state index contributed by atoms with van der Waals surface area (Å²) in [5, 5.41) is 4.17. The summed E-state index contributed by atoms with van der Waals surface area (Å²) in [6.07, 6.45) is 5.39. The van der Waals surface area contributed by atoms with Crippen molar-refractivity contribution in [2.75, 3.05) is 0 Å². The van der Waals surface area contributed by atoms with Crippen molar-refractivity contribution in [3.05, 3.63) is 42.2 Å². The van der Waals surface area contributed by atoms with Crippen molar-refractivity contribution < 1.29 is 9.53 Å². The number of carbonyl (C=O) groups is 1. The molecule has 1 aromatic heterocycles. The lowest BCUT2D eigenvalue weighted by molar-refractivity contribution is 0.112. The van der Waals surface area contributed by atoms with Gasteiger partial charge in [0.25, 0.3) is 0 Å². The van der Waals surface area contributed by atoms with E-state index in [1.54, 1.807) is 30.5 Å². The number of rotatable bonds is 5. The van der Waals surface area contributed by atoms with Crippen molar-refractivity contribution in [3.63, 3.8) is 0 Å². The molecule has 0 spiro atoms. The molecule has 17 heavy (non-hydrogen) atoms. The first-order chi connectivity index (χ1) is 8.31. The lowest BCUT2D eigenvalue weighted by atomic mass is 10.2. The second-order valence-electron chi connectivity index (χ2n) is 3.73. The number of carbonyl (C=O) groups excluding carboxylic acids is 1. The van der Waals surface area contributed by atoms with Gasteiger partial charge in [-0.25, -0.2) is 0 Å². The summed E-state index contributed by atoms with van der Waals surface area (Å²) in [5.41, 5.74) is 0.638. The number of hydrogen-bond acceptors (Lipinski definition) is 3. The zero-order chi connectivity index (χ0) is 12.1. The van der Waals surface area contributed by atoms with Gasteiger partial charge in [0.2, 0.25) is 0 Å². The lowest BCUT2D eigenvalue weighted by Crippen LogP contribution is -1.95. The molecule has 2 rings (SSSR count). The number of nitrogens with zero attached hydrogens (tertiary/aromatic N) is 2. The Balaban J connectivity index is 2.05. The first-order valence-electron chi connectivity index (χ1n) is 5.57. The fraction of sp³-hybridized carbons (Fsp3) is 0.231. The van der Waals surface area contributed by atoms with Crippen molar-refractivity contribution in [3.8, 4) is 11.5 Å². The Morgan fingerprint density at radius 1 is 1.29 bits per heavy atom. The van der Waals surface area contributed by atoms with Crippen molar-refractivity contribution >= 4 is 6.29 Å². The molecule has 4 nitrogen and oxygen atoms in total. The van der Waals surface area contributed by atoms with Crippen LogP contribution in [0.25, 0.3) is 0 Å². The first-order valence-corrected chi connectivity index (χ1v) is 5.57. The number of hydrogen-bond donors (Lipinski definition) is 0. The summed E-state index contributed by atoms with van der Waals surface area (Å²) in [6.45, 7) is 2.98. The van der Waals surface area contributed by atoms with Crippen molar-refractivity contribution in [2.45, 2.75) is 19.9 Å². The van der Waals surface area contributed by atoms with Gasteiger partial charge in [-0.2, -0.15) is 5.10 Å². The van der Waals surface area contributed by atoms with Crippen molar-refractivity contribution in [2.24, 2.45) is 0 Å². The zero-order valence-electron chi connectivity index (χ0n) is 9.67. The number of ether oxygens (including phenoxy) is 1. The molecule has 0 aliphatic carbocycles. The molecule has 0 amide bonds. The maximum Gasteiger partial charge on any atom is 0.165 e. The van der Waals surface area contributed by atoms with Crippen LogP contribution in [0.2, 0.25) is 0 Å². The normalized spacial score (nSPS) is 10.2. The highest BCUT2D eigenvalue weighted by Gasteiger charge is 2.01. The fourth-order valence-electron chi connectivity index (χ4n) is 1.50. The van der Waals surface area contributed by atoms with E-state index < -0.39 is 0 Å². The fourth-order valence-corrected chi connectivity index (χ4v) is 1.50. The maximum atomic E-state index is 10.5. The van der Waals surface area contributed by atoms with E-state index in [4.69, 9.17) is 4.74 Å². The van der Waals surface area contributed by atoms with Gasteiger partial charge in [0.1, 0.15) is 12.0 Å². The van der Waals surface area contributed by atoms with E-state index in [9.17, 15) is 4.79 Å². The van der Waals surface area contributed by atoms with Crippen LogP contribution in [0.5, 0.6) is 11.5 Å². The predicted molar refractivity (Wildman–Crippen MR) is 64.4 cm³/mol. The van der Waals surface area contributed by atoms with Crippen LogP contribution >= 0.6 is 0 Å². The van der Waals surface area contributed by atoms with Crippen molar-refractivity contribution in [1.82, 2.24) is 9.78 Å². The average molecular weight is 230 g/mol. The Hall–Kier alpha value is -2.10. The van der Waals surface area contributed by atoms with Gasteiger partial charge in [0.05, 0.1) is 12.4 Å². The minimum Gasteiger partial charge on any atom is -0.454 e. The number of aryl methyl sites for hydroxylation is 1. The third kappa shape index (κ3) is 2.93. The van der Waals surface area contributed by atoms with Gasteiger partial charge < -0.3 is 4.74 Å². The quantitative estimate of drug-likeness (QED) is 0.742. The van der Waals surface area contributed by atoms with E-state index >= 15 is 0 Å². The van der Waals surface area contributed by atoms with Gasteiger partial charge in [-0.05, 0) is 30.7 Å². The molecule has 2 aromatic rings. The second-order valence-corrected chi connectivity index (χ2v) is 3.73. The third-order valence-corrected chi connectivity index (χ3v) is 2.31. The largest absolute Gasteiger partial charge is 0.454 e. The minimum atomic E-state index is 0.638. The second kappa shape index (κ2) is 5.30. The molecule has 0 atom stereocenters. The molecule has 0 fully saturated rings. The Kier molecular flexibility index (Phi) is 3.55. The van der Waals surface area contributed by atoms with Crippen LogP contribution in [0.4, 0.5) is 0 Å². The van der Waals surface area contributed by atoms with Crippen molar-refractivity contribution in [1.29, 1.82) is 0 Å². The molecule has 0 N–H and O–H groups in total. The van der Waals surface area contributed by atoms with Gasteiger partial charge in [-0.1, -0.05) is 6.92 Å². The lowest BCUT2D eigenvalue weighted by Gasteiger charge is -2.02. The van der Waals surface area contributed by atoms with Crippen LogP contribution in [0, 0.1) is 0 Å². The number of aldehydes is 1. The molecule has 0 saturated heterocycles. The summed E-state index contributed by atoms with van der Waals surface area (Å²) >= 11 is 0. The van der Waals surface area contributed by atoms with E-state index in [0.29, 0.717) is 17.1 Å². The standard InChI is InChI=1S/C13H14N2O2/c1-2-7-15-9-13(8-14-15)17-12-5-3-11(10-16)4-6-12/h3-6,8-10H,2,7H2,1H3. The van der Waals surface area contributed by atoms with Gasteiger partial charge in [-0.15, -0.1) is 0 Å². The summed E-state index contributed by atoms with van der Waals surface area (Å²) in [5.74, 6) is 1.41. The van der Waals surface area contributed by atoms with E-state index in [0.717, 1.165) is 19.3 Å².